The molecule has 0 amide bonds. The van der Waals surface area contributed by atoms with Gasteiger partial charge in [-0.1, -0.05) is 90.6 Å². The lowest BCUT2D eigenvalue weighted by Gasteiger charge is -2.09. The zero-order chi connectivity index (χ0) is 33.6. The molecule has 0 N–H and O–H groups in total. The quantitative estimate of drug-likeness (QED) is 0.333. The van der Waals surface area contributed by atoms with E-state index in [0.717, 1.165) is 0 Å². The average molecular weight is 410 g/mol. The minimum atomic E-state index is -0.811. The Hall–Kier alpha value is -3.56. The Morgan fingerprint density at radius 1 is 0.586 bits per heavy atom. The van der Waals surface area contributed by atoms with Crippen LogP contribution in [0, 0.1) is 0 Å². The van der Waals surface area contributed by atoms with Crippen molar-refractivity contribution in [2.45, 2.75) is 0 Å². The molecule has 0 aliphatic heterocycles. The zero-order valence-corrected chi connectivity index (χ0v) is 15.0. The van der Waals surface area contributed by atoms with Gasteiger partial charge in [0.05, 0.1) is 21.9 Å². The summed E-state index contributed by atoms with van der Waals surface area (Å²) in [5, 5.41) is -1.37. The molecule has 0 bridgehead atoms. The van der Waals surface area contributed by atoms with Crippen LogP contribution in [-0.4, -0.2) is 15.0 Å². The first kappa shape index (κ1) is 7.36. The first-order valence-electron chi connectivity index (χ1n) is 16.0. The molecule has 0 unspecified atom stereocenters. The van der Waals surface area contributed by atoms with Gasteiger partial charge in [-0.05, 0) is 39.5 Å². The van der Waals surface area contributed by atoms with Gasteiger partial charge in [0.1, 0.15) is 0 Å². The molecule has 0 atom stereocenters. The maximum Gasteiger partial charge on any atom is 0.226 e. The fourth-order valence-electron chi connectivity index (χ4n) is 2.51. The SMILES string of the molecule is [2H]c1c([2H])c([2H])c(-c2c([2H])c([2H])c([2H])c(-c3nc(Cl)nc(-c4c([2H])c([2H])c([2H])c5c([2H])c([2H])c([2H])c([2H])c45)n3)c2[2H])c([2H])c1[2H]. The summed E-state index contributed by atoms with van der Waals surface area (Å²) in [5.41, 5.74) is -2.17. The molecule has 3 nitrogen and oxygen atoms in total. The molecular formula is C25H16ClN3. The van der Waals surface area contributed by atoms with Gasteiger partial charge in [0.25, 0.3) is 0 Å². The first-order chi connectivity index (χ1) is 20.9. The van der Waals surface area contributed by atoms with Crippen LogP contribution in [0.15, 0.2) is 96.7 Å². The number of halogens is 1. The van der Waals surface area contributed by atoms with Crippen LogP contribution in [0.3, 0.4) is 0 Å². The molecule has 138 valence electrons. The fourth-order valence-corrected chi connectivity index (χ4v) is 2.67. The van der Waals surface area contributed by atoms with E-state index in [4.69, 9.17) is 33.5 Å². The third-order valence-corrected chi connectivity index (χ3v) is 3.91. The first-order valence-corrected chi connectivity index (χ1v) is 8.41. The Balaban J connectivity index is 1.92. The molecular weight excluding hydrogens is 378 g/mol. The Morgan fingerprint density at radius 3 is 2.14 bits per heavy atom. The van der Waals surface area contributed by atoms with Gasteiger partial charge in [-0.25, -0.2) is 4.98 Å². The minimum absolute atomic E-state index is 0.375. The third-order valence-electron chi connectivity index (χ3n) is 3.74. The van der Waals surface area contributed by atoms with Crippen LogP contribution in [0.1, 0.15) is 21.9 Å². The average Bonchev–Trinajstić information content (AvgIpc) is 2.99. The van der Waals surface area contributed by atoms with Crippen molar-refractivity contribution in [2.24, 2.45) is 0 Å². The highest BCUT2D eigenvalue weighted by Gasteiger charge is 2.12. The smallest absolute Gasteiger partial charge is 0.208 e. The second kappa shape index (κ2) is 7.46. The number of benzene rings is 4. The van der Waals surface area contributed by atoms with Crippen LogP contribution in [0.25, 0.3) is 44.7 Å². The number of fused-ring (bicyclic) bond motifs is 1. The van der Waals surface area contributed by atoms with E-state index in [1.807, 2.05) is 0 Å². The molecule has 4 heteroatoms. The van der Waals surface area contributed by atoms with Gasteiger partial charge in [0.2, 0.25) is 5.28 Å². The zero-order valence-electron chi connectivity index (χ0n) is 30.2. The van der Waals surface area contributed by atoms with Crippen molar-refractivity contribution in [1.29, 1.82) is 0 Å². The van der Waals surface area contributed by atoms with E-state index in [-0.39, 0.29) is 5.39 Å². The van der Waals surface area contributed by atoms with Crippen molar-refractivity contribution in [3.63, 3.8) is 0 Å². The van der Waals surface area contributed by atoms with Crippen molar-refractivity contribution in [3.05, 3.63) is 102 Å². The largest absolute Gasteiger partial charge is 0.226 e. The minimum Gasteiger partial charge on any atom is -0.208 e. The predicted molar refractivity (Wildman–Crippen MR) is 119 cm³/mol. The molecule has 0 spiro atoms. The topological polar surface area (TPSA) is 38.7 Å². The van der Waals surface area contributed by atoms with Crippen LogP contribution < -0.4 is 0 Å². The number of hydrogen-bond acceptors (Lipinski definition) is 3. The maximum absolute atomic E-state index is 8.89. The summed E-state index contributed by atoms with van der Waals surface area (Å²) in [6.07, 6.45) is 0. The molecule has 5 aromatic rings. The highest BCUT2D eigenvalue weighted by molar-refractivity contribution is 6.28. The molecule has 0 aliphatic rings. The summed E-state index contributed by atoms with van der Waals surface area (Å²) in [7, 11) is 0. The van der Waals surface area contributed by atoms with Crippen molar-refractivity contribution >= 4 is 22.4 Å². The van der Waals surface area contributed by atoms with Gasteiger partial charge in [0.15, 0.2) is 11.6 Å². The number of aromatic nitrogens is 3. The standard InChI is InChI=1S/C25H16ClN3/c26-25-28-23(20-13-6-12-19(16-20)17-8-2-1-3-9-17)27-24(29-25)22-15-7-11-18-10-4-5-14-21(18)22/h1-16H/i1D,2D,3D,4D,5D,6D,7D,8D,9D,10D,11D,12D,13D,14D,15D,16D. The second-order valence-corrected chi connectivity index (χ2v) is 5.84. The summed E-state index contributed by atoms with van der Waals surface area (Å²) in [6, 6.07) is -11.7. The third kappa shape index (κ3) is 3.48. The summed E-state index contributed by atoms with van der Waals surface area (Å²) in [4.78, 5) is 12.1. The predicted octanol–water partition coefficient (Wildman–Crippen LogP) is 6.68. The molecule has 1 aromatic heterocycles. The van der Waals surface area contributed by atoms with E-state index in [1.165, 1.54) is 0 Å². The molecule has 1 heterocycles. The molecule has 0 fully saturated rings. The molecule has 0 aliphatic carbocycles. The molecule has 5 rings (SSSR count). The Kier molecular flexibility index (Phi) is 1.89. The normalized spacial score (nSPS) is 18.7. The molecule has 29 heavy (non-hydrogen) atoms. The van der Waals surface area contributed by atoms with Gasteiger partial charge < -0.3 is 0 Å². The van der Waals surface area contributed by atoms with E-state index >= 15 is 0 Å². The number of nitrogens with zero attached hydrogens (tertiary/aromatic N) is 3. The Morgan fingerprint density at radius 2 is 1.24 bits per heavy atom. The van der Waals surface area contributed by atoms with E-state index in [9.17, 15) is 0 Å². The number of rotatable bonds is 3. The van der Waals surface area contributed by atoms with Gasteiger partial charge in [-0.3, -0.25) is 0 Å². The van der Waals surface area contributed by atoms with Crippen molar-refractivity contribution in [1.82, 2.24) is 15.0 Å². The van der Waals surface area contributed by atoms with E-state index in [2.05, 4.69) is 15.0 Å². The second-order valence-electron chi connectivity index (χ2n) is 5.50. The highest BCUT2D eigenvalue weighted by Crippen LogP contribution is 2.29. The van der Waals surface area contributed by atoms with E-state index < -0.39 is 141 Å². The maximum atomic E-state index is 8.89. The summed E-state index contributed by atoms with van der Waals surface area (Å²) in [5.74, 6) is -1.12. The van der Waals surface area contributed by atoms with Crippen molar-refractivity contribution in [2.75, 3.05) is 0 Å². The lowest BCUT2D eigenvalue weighted by atomic mass is 10.0. The van der Waals surface area contributed by atoms with Gasteiger partial charge in [-0.2, -0.15) is 9.97 Å². The molecule has 0 saturated heterocycles. The molecule has 0 radical (unpaired) electrons. The molecule has 4 aromatic carbocycles. The van der Waals surface area contributed by atoms with Crippen LogP contribution >= 0.6 is 11.6 Å². The van der Waals surface area contributed by atoms with Gasteiger partial charge in [-0.15, -0.1) is 0 Å². The van der Waals surface area contributed by atoms with Gasteiger partial charge >= 0.3 is 0 Å². The Labute approximate surface area is 196 Å². The lowest BCUT2D eigenvalue weighted by molar-refractivity contribution is 1.07. The molecule has 0 saturated carbocycles. The van der Waals surface area contributed by atoms with Crippen LogP contribution in [0.4, 0.5) is 0 Å². The van der Waals surface area contributed by atoms with Gasteiger partial charge in [0, 0.05) is 11.1 Å². The lowest BCUT2D eigenvalue weighted by Crippen LogP contribution is -1.98. The number of hydrogen-bond donors (Lipinski definition) is 0. The Bertz CT molecular complexity index is 2120. The van der Waals surface area contributed by atoms with Crippen LogP contribution in [0.5, 0.6) is 0 Å². The summed E-state index contributed by atoms with van der Waals surface area (Å²) < 4.78 is 133. The van der Waals surface area contributed by atoms with E-state index in [1.54, 1.807) is 0 Å². The van der Waals surface area contributed by atoms with Crippen molar-refractivity contribution < 1.29 is 21.9 Å². The highest BCUT2D eigenvalue weighted by atomic mass is 35.5. The van der Waals surface area contributed by atoms with Crippen LogP contribution in [0.2, 0.25) is 5.28 Å². The fraction of sp³-hybridized carbons (Fsp3) is 0. The van der Waals surface area contributed by atoms with E-state index in [0.29, 0.717) is 0 Å². The summed E-state index contributed by atoms with van der Waals surface area (Å²) in [6.45, 7) is 0. The van der Waals surface area contributed by atoms with Crippen molar-refractivity contribution in [3.8, 4) is 33.9 Å². The monoisotopic (exact) mass is 409 g/mol. The van der Waals surface area contributed by atoms with Crippen LogP contribution in [-0.2, 0) is 0 Å². The summed E-state index contributed by atoms with van der Waals surface area (Å²) >= 11 is 6.20.